The fraction of sp³-hybridized carbons (Fsp3) is 0.263. The van der Waals surface area contributed by atoms with Crippen molar-refractivity contribution in [2.45, 2.75) is 12.5 Å². The van der Waals surface area contributed by atoms with E-state index in [1.165, 1.54) is 0 Å². The lowest BCUT2D eigenvalue weighted by molar-refractivity contribution is 0.138. The minimum absolute atomic E-state index is 0.0641. The van der Waals surface area contributed by atoms with Gasteiger partial charge in [0.2, 0.25) is 0 Å². The first-order valence-electron chi connectivity index (χ1n) is 8.22. The predicted octanol–water partition coefficient (Wildman–Crippen LogP) is 3.11. The van der Waals surface area contributed by atoms with Gasteiger partial charge in [-0.3, -0.25) is 4.98 Å². The van der Waals surface area contributed by atoms with Crippen molar-refractivity contribution in [3.63, 3.8) is 0 Å². The summed E-state index contributed by atoms with van der Waals surface area (Å²) in [5, 5.41) is 4.44. The molecule has 0 saturated carbocycles. The van der Waals surface area contributed by atoms with Crippen LogP contribution in [0.3, 0.4) is 0 Å². The Kier molecular flexibility index (Phi) is 4.35. The zero-order valence-corrected chi connectivity index (χ0v) is 14.0. The van der Waals surface area contributed by atoms with E-state index in [2.05, 4.69) is 10.1 Å². The Bertz CT molecular complexity index is 842. The van der Waals surface area contributed by atoms with E-state index in [9.17, 15) is 0 Å². The highest BCUT2D eigenvalue weighted by Gasteiger charge is 2.20. The van der Waals surface area contributed by atoms with Crippen LogP contribution in [-0.4, -0.2) is 41.2 Å². The van der Waals surface area contributed by atoms with E-state index >= 15 is 0 Å². The SMILES string of the molecule is COc1ccc(-c2ccnn2-c2ccncc2)cc1O[C@@H]1CCOC1. The first kappa shape index (κ1) is 15.7. The maximum absolute atomic E-state index is 6.09. The van der Waals surface area contributed by atoms with Crippen molar-refractivity contribution >= 4 is 0 Å². The molecular formula is C19H19N3O3. The van der Waals surface area contributed by atoms with E-state index in [-0.39, 0.29) is 6.10 Å². The van der Waals surface area contributed by atoms with Crippen LogP contribution < -0.4 is 9.47 Å². The maximum atomic E-state index is 6.09. The summed E-state index contributed by atoms with van der Waals surface area (Å²) in [5.41, 5.74) is 2.93. The second kappa shape index (κ2) is 6.94. The van der Waals surface area contributed by atoms with Gasteiger partial charge in [0.15, 0.2) is 11.5 Å². The summed E-state index contributed by atoms with van der Waals surface area (Å²) in [5.74, 6) is 1.43. The monoisotopic (exact) mass is 337 g/mol. The highest BCUT2D eigenvalue weighted by atomic mass is 16.6. The van der Waals surface area contributed by atoms with E-state index in [1.807, 2.05) is 41.1 Å². The average molecular weight is 337 g/mol. The highest BCUT2D eigenvalue weighted by molar-refractivity contribution is 5.66. The largest absolute Gasteiger partial charge is 0.493 e. The fourth-order valence-electron chi connectivity index (χ4n) is 2.93. The van der Waals surface area contributed by atoms with Crippen LogP contribution in [0.25, 0.3) is 16.9 Å². The van der Waals surface area contributed by atoms with Gasteiger partial charge in [0, 0.05) is 24.4 Å². The van der Waals surface area contributed by atoms with Gasteiger partial charge in [-0.1, -0.05) is 0 Å². The molecule has 1 aromatic carbocycles. The number of pyridine rings is 1. The molecular weight excluding hydrogens is 318 g/mol. The van der Waals surface area contributed by atoms with Crippen molar-refractivity contribution < 1.29 is 14.2 Å². The van der Waals surface area contributed by atoms with Crippen molar-refractivity contribution in [3.05, 3.63) is 55.0 Å². The van der Waals surface area contributed by atoms with Crippen molar-refractivity contribution in [1.29, 1.82) is 0 Å². The van der Waals surface area contributed by atoms with Gasteiger partial charge in [0.05, 0.1) is 37.9 Å². The number of benzene rings is 1. The molecule has 0 unspecified atom stereocenters. The Morgan fingerprint density at radius 2 is 1.96 bits per heavy atom. The van der Waals surface area contributed by atoms with Gasteiger partial charge in [-0.25, -0.2) is 4.68 Å². The van der Waals surface area contributed by atoms with Crippen LogP contribution in [0.15, 0.2) is 55.0 Å². The van der Waals surface area contributed by atoms with Crippen LogP contribution in [0.2, 0.25) is 0 Å². The summed E-state index contributed by atoms with van der Waals surface area (Å²) in [6.45, 7) is 1.35. The van der Waals surface area contributed by atoms with Gasteiger partial charge in [-0.15, -0.1) is 0 Å². The van der Waals surface area contributed by atoms with Gasteiger partial charge >= 0.3 is 0 Å². The van der Waals surface area contributed by atoms with Gasteiger partial charge in [0.25, 0.3) is 0 Å². The first-order chi connectivity index (χ1) is 12.3. The Labute approximate surface area is 146 Å². The van der Waals surface area contributed by atoms with E-state index in [0.717, 1.165) is 35.7 Å². The lowest BCUT2D eigenvalue weighted by Crippen LogP contribution is -2.16. The van der Waals surface area contributed by atoms with E-state index in [1.54, 1.807) is 25.7 Å². The van der Waals surface area contributed by atoms with Crippen molar-refractivity contribution in [2.24, 2.45) is 0 Å². The standard InChI is InChI=1S/C19H19N3O3/c1-23-18-3-2-14(12-19(18)25-16-7-11-24-13-16)17-6-10-21-22(17)15-4-8-20-9-5-15/h2-6,8-10,12,16H,7,11,13H2,1H3/t16-/m1/s1. The lowest BCUT2D eigenvalue weighted by Gasteiger charge is -2.16. The molecule has 6 nitrogen and oxygen atoms in total. The minimum atomic E-state index is 0.0641. The summed E-state index contributed by atoms with van der Waals surface area (Å²) >= 11 is 0. The third-order valence-corrected chi connectivity index (χ3v) is 4.19. The minimum Gasteiger partial charge on any atom is -0.493 e. The number of aromatic nitrogens is 3. The Morgan fingerprint density at radius 1 is 1.08 bits per heavy atom. The molecule has 25 heavy (non-hydrogen) atoms. The smallest absolute Gasteiger partial charge is 0.162 e. The lowest BCUT2D eigenvalue weighted by atomic mass is 10.1. The second-order valence-electron chi connectivity index (χ2n) is 5.80. The van der Waals surface area contributed by atoms with Crippen LogP contribution in [0, 0.1) is 0 Å². The number of rotatable bonds is 5. The van der Waals surface area contributed by atoms with Crippen LogP contribution >= 0.6 is 0 Å². The molecule has 4 rings (SSSR count). The molecule has 1 fully saturated rings. The van der Waals surface area contributed by atoms with E-state index in [0.29, 0.717) is 12.4 Å². The molecule has 3 aromatic rings. The van der Waals surface area contributed by atoms with Crippen LogP contribution in [-0.2, 0) is 4.74 Å². The molecule has 0 spiro atoms. The Morgan fingerprint density at radius 3 is 2.72 bits per heavy atom. The average Bonchev–Trinajstić information content (AvgIpc) is 3.34. The quantitative estimate of drug-likeness (QED) is 0.716. The maximum Gasteiger partial charge on any atom is 0.162 e. The molecule has 0 N–H and O–H groups in total. The van der Waals surface area contributed by atoms with Crippen LogP contribution in [0.5, 0.6) is 11.5 Å². The molecule has 1 aliphatic heterocycles. The predicted molar refractivity (Wildman–Crippen MR) is 93.2 cm³/mol. The molecule has 1 atom stereocenters. The molecule has 0 aliphatic carbocycles. The molecule has 2 aromatic heterocycles. The Balaban J connectivity index is 1.70. The van der Waals surface area contributed by atoms with Gasteiger partial charge in [-0.2, -0.15) is 5.10 Å². The summed E-state index contributed by atoms with van der Waals surface area (Å²) in [6, 6.07) is 11.7. The zero-order chi connectivity index (χ0) is 17.1. The number of hydrogen-bond donors (Lipinski definition) is 0. The summed E-state index contributed by atoms with van der Waals surface area (Å²) in [6.07, 6.45) is 6.25. The first-order valence-corrected chi connectivity index (χ1v) is 8.22. The fourth-order valence-corrected chi connectivity index (χ4v) is 2.93. The second-order valence-corrected chi connectivity index (χ2v) is 5.80. The summed E-state index contributed by atoms with van der Waals surface area (Å²) in [4.78, 5) is 4.06. The van der Waals surface area contributed by atoms with Crippen molar-refractivity contribution in [2.75, 3.05) is 20.3 Å². The van der Waals surface area contributed by atoms with Crippen molar-refractivity contribution in [3.8, 4) is 28.4 Å². The number of ether oxygens (including phenoxy) is 3. The third-order valence-electron chi connectivity index (χ3n) is 4.19. The number of nitrogens with zero attached hydrogens (tertiary/aromatic N) is 3. The molecule has 1 aliphatic rings. The molecule has 6 heteroatoms. The normalized spacial score (nSPS) is 16.8. The highest BCUT2D eigenvalue weighted by Crippen LogP contribution is 2.34. The van der Waals surface area contributed by atoms with Crippen molar-refractivity contribution in [1.82, 2.24) is 14.8 Å². The molecule has 1 saturated heterocycles. The van der Waals surface area contributed by atoms with Gasteiger partial charge in [-0.05, 0) is 36.4 Å². The Hall–Kier alpha value is -2.86. The van der Waals surface area contributed by atoms with Gasteiger partial charge in [0.1, 0.15) is 6.10 Å². The van der Waals surface area contributed by atoms with Gasteiger partial charge < -0.3 is 14.2 Å². The summed E-state index contributed by atoms with van der Waals surface area (Å²) in [7, 11) is 1.65. The molecule has 0 radical (unpaired) electrons. The number of methoxy groups -OCH3 is 1. The van der Waals surface area contributed by atoms with E-state index < -0.39 is 0 Å². The molecule has 128 valence electrons. The molecule has 0 bridgehead atoms. The topological polar surface area (TPSA) is 58.4 Å². The zero-order valence-electron chi connectivity index (χ0n) is 14.0. The third kappa shape index (κ3) is 3.21. The molecule has 0 amide bonds. The number of hydrogen-bond acceptors (Lipinski definition) is 5. The van der Waals surface area contributed by atoms with Crippen LogP contribution in [0.1, 0.15) is 6.42 Å². The molecule has 3 heterocycles. The van der Waals surface area contributed by atoms with E-state index in [4.69, 9.17) is 14.2 Å². The van der Waals surface area contributed by atoms with Crippen LogP contribution in [0.4, 0.5) is 0 Å². The summed E-state index contributed by atoms with van der Waals surface area (Å²) < 4.78 is 18.8.